The van der Waals surface area contributed by atoms with Crippen LogP contribution in [0, 0.1) is 0 Å². The zero-order chi connectivity index (χ0) is 16.6. The smallest absolute Gasteiger partial charge is 0.276 e. The second-order valence-electron chi connectivity index (χ2n) is 6.06. The van der Waals surface area contributed by atoms with Crippen LogP contribution in [-0.2, 0) is 11.4 Å². The molecule has 24 heavy (non-hydrogen) atoms. The zero-order valence-corrected chi connectivity index (χ0v) is 13.7. The predicted octanol–water partition coefficient (Wildman–Crippen LogP) is 3.69. The van der Waals surface area contributed by atoms with Crippen molar-refractivity contribution in [2.75, 3.05) is 5.32 Å². The highest BCUT2D eigenvalue weighted by Gasteiger charge is 2.17. The lowest BCUT2D eigenvalue weighted by Crippen LogP contribution is -2.31. The summed E-state index contributed by atoms with van der Waals surface area (Å²) < 4.78 is 0. The van der Waals surface area contributed by atoms with E-state index in [1.807, 2.05) is 30.3 Å². The zero-order valence-electron chi connectivity index (χ0n) is 13.7. The van der Waals surface area contributed by atoms with Crippen LogP contribution in [-0.4, -0.2) is 17.0 Å². The molecule has 1 heterocycles. The first-order valence-electron chi connectivity index (χ1n) is 8.51. The number of nitrogens with zero attached hydrogens (tertiary/aromatic N) is 1. The van der Waals surface area contributed by atoms with E-state index in [2.05, 4.69) is 15.8 Å². The van der Waals surface area contributed by atoms with Gasteiger partial charge in [0, 0.05) is 24.6 Å². The van der Waals surface area contributed by atoms with Crippen molar-refractivity contribution in [1.29, 1.82) is 0 Å². The molecule has 126 valence electrons. The van der Waals surface area contributed by atoms with Crippen molar-refractivity contribution >= 4 is 11.6 Å². The molecule has 1 aliphatic carbocycles. The molecule has 0 radical (unpaired) electrons. The monoisotopic (exact) mass is 325 g/mol. The third-order valence-electron chi connectivity index (χ3n) is 4.27. The number of hydrogen-bond acceptors (Lipinski definition) is 4. The number of amides is 1. The third-order valence-corrected chi connectivity index (χ3v) is 4.27. The van der Waals surface area contributed by atoms with Gasteiger partial charge in [-0.15, -0.1) is 0 Å². The fourth-order valence-corrected chi connectivity index (χ4v) is 2.91. The van der Waals surface area contributed by atoms with Crippen LogP contribution in [0.3, 0.4) is 0 Å². The Morgan fingerprint density at radius 2 is 1.83 bits per heavy atom. The first-order valence-corrected chi connectivity index (χ1v) is 8.51. The van der Waals surface area contributed by atoms with Crippen LogP contribution in [0.1, 0.15) is 48.0 Å². The van der Waals surface area contributed by atoms with E-state index in [0.717, 1.165) is 24.1 Å². The summed E-state index contributed by atoms with van der Waals surface area (Å²) in [6.45, 7) is 0.635. The normalized spacial score (nSPS) is 15.0. The van der Waals surface area contributed by atoms with Crippen LogP contribution in [0.5, 0.6) is 0 Å². The highest BCUT2D eigenvalue weighted by Crippen LogP contribution is 2.20. The van der Waals surface area contributed by atoms with Gasteiger partial charge in [0.1, 0.15) is 0 Å². The number of carbonyl (C=O) groups excluding carboxylic acids is 1. The van der Waals surface area contributed by atoms with Gasteiger partial charge in [-0.1, -0.05) is 31.4 Å². The van der Waals surface area contributed by atoms with Gasteiger partial charge in [-0.2, -0.15) is 0 Å². The van der Waals surface area contributed by atoms with Crippen molar-refractivity contribution in [3.05, 3.63) is 59.9 Å². The number of para-hydroxylation sites is 1. The van der Waals surface area contributed by atoms with Crippen LogP contribution in [0.2, 0.25) is 0 Å². The number of carbonyl (C=O) groups is 1. The molecule has 0 bridgehead atoms. The number of pyridine rings is 1. The molecule has 2 N–H and O–H groups in total. The van der Waals surface area contributed by atoms with Crippen molar-refractivity contribution in [3.63, 3.8) is 0 Å². The number of benzene rings is 1. The lowest BCUT2D eigenvalue weighted by Gasteiger charge is -2.21. The molecule has 2 aromatic rings. The summed E-state index contributed by atoms with van der Waals surface area (Å²) in [5.41, 5.74) is 5.10. The highest BCUT2D eigenvalue weighted by molar-refractivity contribution is 5.99. The minimum absolute atomic E-state index is 0.139. The number of rotatable bonds is 6. The molecule has 1 fully saturated rings. The molecule has 5 nitrogen and oxygen atoms in total. The van der Waals surface area contributed by atoms with Gasteiger partial charge >= 0.3 is 0 Å². The maximum atomic E-state index is 12.4. The fraction of sp³-hybridized carbons (Fsp3) is 0.368. The summed E-state index contributed by atoms with van der Waals surface area (Å²) in [7, 11) is 0. The van der Waals surface area contributed by atoms with Crippen molar-refractivity contribution < 1.29 is 9.63 Å². The van der Waals surface area contributed by atoms with E-state index in [0.29, 0.717) is 12.1 Å². The van der Waals surface area contributed by atoms with Gasteiger partial charge in [0.25, 0.3) is 5.91 Å². The van der Waals surface area contributed by atoms with Gasteiger partial charge in [0.2, 0.25) is 0 Å². The average Bonchev–Trinajstić information content (AvgIpc) is 2.66. The van der Waals surface area contributed by atoms with Crippen molar-refractivity contribution in [3.8, 4) is 0 Å². The molecule has 0 saturated heterocycles. The first-order chi connectivity index (χ1) is 11.8. The Morgan fingerprint density at radius 1 is 1.08 bits per heavy atom. The minimum Gasteiger partial charge on any atom is -0.380 e. The van der Waals surface area contributed by atoms with Crippen LogP contribution in [0.15, 0.2) is 48.8 Å². The molecule has 0 atom stereocenters. The first kappa shape index (κ1) is 16.5. The summed E-state index contributed by atoms with van der Waals surface area (Å²) in [4.78, 5) is 22.0. The summed E-state index contributed by atoms with van der Waals surface area (Å²) in [6, 6.07) is 11.4. The number of hydroxylamine groups is 1. The number of anilines is 1. The van der Waals surface area contributed by atoms with E-state index >= 15 is 0 Å². The molecule has 1 saturated carbocycles. The average molecular weight is 325 g/mol. The quantitative estimate of drug-likeness (QED) is 0.795. The second-order valence-corrected chi connectivity index (χ2v) is 6.06. The van der Waals surface area contributed by atoms with Crippen LogP contribution < -0.4 is 10.8 Å². The van der Waals surface area contributed by atoms with Crippen LogP contribution in [0.25, 0.3) is 0 Å². The Morgan fingerprint density at radius 3 is 2.62 bits per heavy atom. The van der Waals surface area contributed by atoms with E-state index in [1.54, 1.807) is 18.5 Å². The lowest BCUT2D eigenvalue weighted by molar-refractivity contribution is -0.0312. The van der Waals surface area contributed by atoms with Gasteiger partial charge in [0.05, 0.1) is 11.7 Å². The summed E-state index contributed by atoms with van der Waals surface area (Å²) in [6.07, 6.45) is 9.29. The molecular formula is C19H23N3O2. The number of nitrogens with one attached hydrogen (secondary N) is 2. The van der Waals surface area contributed by atoms with E-state index in [4.69, 9.17) is 4.84 Å². The second kappa shape index (κ2) is 8.45. The van der Waals surface area contributed by atoms with E-state index in [9.17, 15) is 4.79 Å². The van der Waals surface area contributed by atoms with E-state index in [-0.39, 0.29) is 12.0 Å². The maximum Gasteiger partial charge on any atom is 0.276 e. The fourth-order valence-electron chi connectivity index (χ4n) is 2.91. The Hall–Kier alpha value is -2.40. The van der Waals surface area contributed by atoms with Gasteiger partial charge < -0.3 is 5.32 Å². The molecule has 0 unspecified atom stereocenters. The standard InChI is InChI=1S/C19H23N3O2/c23-19(22-24-16-6-2-1-3-7-16)17-8-4-5-9-18(17)21-14-15-10-12-20-13-11-15/h4-5,8-13,16,21H,1-3,6-7,14H2,(H,22,23). The highest BCUT2D eigenvalue weighted by atomic mass is 16.7. The molecule has 1 aliphatic rings. The molecular weight excluding hydrogens is 302 g/mol. The maximum absolute atomic E-state index is 12.4. The largest absolute Gasteiger partial charge is 0.380 e. The minimum atomic E-state index is -0.210. The van der Waals surface area contributed by atoms with Gasteiger partial charge in [-0.3, -0.25) is 14.6 Å². The van der Waals surface area contributed by atoms with Gasteiger partial charge in [0.15, 0.2) is 0 Å². The Kier molecular flexibility index (Phi) is 5.80. The van der Waals surface area contributed by atoms with Gasteiger partial charge in [-0.05, 0) is 42.7 Å². The Bertz CT molecular complexity index is 655. The topological polar surface area (TPSA) is 63.2 Å². The van der Waals surface area contributed by atoms with Crippen molar-refractivity contribution in [1.82, 2.24) is 10.5 Å². The third kappa shape index (κ3) is 4.55. The summed E-state index contributed by atoms with van der Waals surface area (Å²) in [5.74, 6) is -0.210. The lowest BCUT2D eigenvalue weighted by atomic mass is 9.98. The SMILES string of the molecule is O=C(NOC1CCCCC1)c1ccccc1NCc1ccncc1. The van der Waals surface area contributed by atoms with Crippen LogP contribution in [0.4, 0.5) is 5.69 Å². The molecule has 5 heteroatoms. The number of aromatic nitrogens is 1. The van der Waals surface area contributed by atoms with Crippen molar-refractivity contribution in [2.24, 2.45) is 0 Å². The number of hydrogen-bond donors (Lipinski definition) is 2. The molecule has 1 aromatic heterocycles. The Labute approximate surface area is 142 Å². The van der Waals surface area contributed by atoms with E-state index in [1.165, 1.54) is 19.3 Å². The summed E-state index contributed by atoms with van der Waals surface area (Å²) >= 11 is 0. The summed E-state index contributed by atoms with van der Waals surface area (Å²) in [5, 5.41) is 3.30. The molecule has 1 amide bonds. The van der Waals surface area contributed by atoms with Gasteiger partial charge in [-0.25, -0.2) is 5.48 Å². The van der Waals surface area contributed by atoms with Crippen molar-refractivity contribution in [2.45, 2.75) is 44.8 Å². The predicted molar refractivity (Wildman–Crippen MR) is 93.4 cm³/mol. The molecule has 1 aromatic carbocycles. The molecule has 0 spiro atoms. The van der Waals surface area contributed by atoms with Crippen LogP contribution >= 0.6 is 0 Å². The van der Waals surface area contributed by atoms with E-state index < -0.39 is 0 Å². The Balaban J connectivity index is 1.59. The molecule has 0 aliphatic heterocycles. The molecule has 3 rings (SSSR count).